The molecule has 32 heavy (non-hydrogen) atoms. The Hall–Kier alpha value is -1.39. The molecule has 1 amide bonds. The molecule has 182 valence electrons. The van der Waals surface area contributed by atoms with Crippen LogP contribution in [0, 0.1) is 0 Å². The van der Waals surface area contributed by atoms with Crippen molar-refractivity contribution in [1.82, 2.24) is 20.4 Å². The molecule has 2 rings (SSSR count). The first-order chi connectivity index (χ1) is 14.9. The number of nitrogens with zero attached hydrogens (tertiary/aromatic N) is 3. The highest BCUT2D eigenvalue weighted by Gasteiger charge is 2.27. The second-order valence-electron chi connectivity index (χ2n) is 8.47. The molecule has 1 aliphatic rings. The third-order valence-electron chi connectivity index (χ3n) is 5.59. The minimum absolute atomic E-state index is 0. The monoisotopic (exact) mass is 559 g/mol. The molecule has 2 N–H and O–H groups in total. The van der Waals surface area contributed by atoms with Crippen LogP contribution < -0.4 is 10.6 Å². The van der Waals surface area contributed by atoms with Crippen molar-refractivity contribution in [3.8, 4) is 0 Å². The number of guanidine groups is 1. The van der Waals surface area contributed by atoms with Crippen molar-refractivity contribution in [1.29, 1.82) is 0 Å². The van der Waals surface area contributed by atoms with E-state index in [2.05, 4.69) is 50.2 Å². The first-order valence-electron chi connectivity index (χ1n) is 11.6. The zero-order valence-corrected chi connectivity index (χ0v) is 22.7. The minimum Gasteiger partial charge on any atom is -0.378 e. The molecular weight excluding hydrogens is 517 g/mol. The molecule has 7 nitrogen and oxygen atoms in total. The molecule has 1 aromatic carbocycles. The lowest BCUT2D eigenvalue weighted by atomic mass is 9.97. The number of carbonyl (C=O) groups is 1. The molecule has 0 bridgehead atoms. The molecule has 0 aromatic heterocycles. The molecule has 1 atom stereocenters. The first kappa shape index (κ1) is 28.6. The number of amides is 1. The summed E-state index contributed by atoms with van der Waals surface area (Å²) >= 11 is 0. The molecule has 0 aliphatic carbocycles. The fourth-order valence-electron chi connectivity index (χ4n) is 3.96. The van der Waals surface area contributed by atoms with Crippen LogP contribution in [-0.4, -0.2) is 86.2 Å². The molecule has 8 heteroatoms. The summed E-state index contributed by atoms with van der Waals surface area (Å²) in [6.07, 6.45) is 0. The minimum atomic E-state index is -0.294. The summed E-state index contributed by atoms with van der Waals surface area (Å²) in [5, 5.41) is 6.75. The van der Waals surface area contributed by atoms with Crippen molar-refractivity contribution in [2.24, 2.45) is 4.99 Å². The molecule has 0 radical (unpaired) electrons. The van der Waals surface area contributed by atoms with Crippen molar-refractivity contribution in [2.75, 3.05) is 52.5 Å². The Balaban J connectivity index is 0.00000512. The van der Waals surface area contributed by atoms with Crippen LogP contribution in [0.5, 0.6) is 0 Å². The predicted molar refractivity (Wildman–Crippen MR) is 143 cm³/mol. The van der Waals surface area contributed by atoms with E-state index in [1.165, 1.54) is 0 Å². The standard InChI is InChI=1S/C24H41N5O2.HI/c1-6-25-24(26-12-13-29(19(2)3)20(4)5)27-18-22(21-10-8-7-9-11-21)23(30)28-14-16-31-17-15-28;/h7-11,19-20,22H,6,12-18H2,1-5H3,(H2,25,26,27);1H. The highest BCUT2D eigenvalue weighted by molar-refractivity contribution is 14.0. The number of rotatable bonds is 10. The van der Waals surface area contributed by atoms with Gasteiger partial charge in [-0.25, -0.2) is 0 Å². The van der Waals surface area contributed by atoms with Gasteiger partial charge >= 0.3 is 0 Å². The smallest absolute Gasteiger partial charge is 0.232 e. The van der Waals surface area contributed by atoms with Crippen LogP contribution in [0.3, 0.4) is 0 Å². The number of hydrogen-bond donors (Lipinski definition) is 2. The second kappa shape index (κ2) is 15.4. The van der Waals surface area contributed by atoms with Crippen molar-refractivity contribution in [3.63, 3.8) is 0 Å². The van der Waals surface area contributed by atoms with Crippen molar-refractivity contribution < 1.29 is 9.53 Å². The maximum absolute atomic E-state index is 13.3. The summed E-state index contributed by atoms with van der Waals surface area (Å²) in [7, 11) is 0. The Morgan fingerprint density at radius 3 is 2.28 bits per heavy atom. The van der Waals surface area contributed by atoms with E-state index in [1.807, 2.05) is 35.2 Å². The Labute approximate surface area is 211 Å². The van der Waals surface area contributed by atoms with Crippen LogP contribution >= 0.6 is 24.0 Å². The van der Waals surface area contributed by atoms with Crippen LogP contribution in [0.15, 0.2) is 35.3 Å². The number of morpholine rings is 1. The van der Waals surface area contributed by atoms with E-state index in [4.69, 9.17) is 9.73 Å². The summed E-state index contributed by atoms with van der Waals surface area (Å²) in [6.45, 7) is 16.4. The summed E-state index contributed by atoms with van der Waals surface area (Å²) in [5.41, 5.74) is 1.00. The van der Waals surface area contributed by atoms with E-state index in [0.29, 0.717) is 44.9 Å². The maximum Gasteiger partial charge on any atom is 0.232 e. The van der Waals surface area contributed by atoms with Gasteiger partial charge in [0.2, 0.25) is 5.91 Å². The van der Waals surface area contributed by atoms with Crippen molar-refractivity contribution >= 4 is 35.8 Å². The van der Waals surface area contributed by atoms with Gasteiger partial charge < -0.3 is 20.3 Å². The number of ether oxygens (including phenoxy) is 1. The molecular formula is C24H42IN5O2. The van der Waals surface area contributed by atoms with E-state index in [-0.39, 0.29) is 35.8 Å². The van der Waals surface area contributed by atoms with Crippen LogP contribution in [0.25, 0.3) is 0 Å². The SMILES string of the molecule is CCNC(=NCC(C(=O)N1CCOCC1)c1ccccc1)NCCN(C(C)C)C(C)C.I. The fraction of sp³-hybridized carbons (Fsp3) is 0.667. The highest BCUT2D eigenvalue weighted by atomic mass is 127. The third kappa shape index (κ3) is 9.23. The summed E-state index contributed by atoms with van der Waals surface area (Å²) in [5.74, 6) is 0.586. The highest BCUT2D eigenvalue weighted by Crippen LogP contribution is 2.20. The fourth-order valence-corrected chi connectivity index (χ4v) is 3.96. The average molecular weight is 560 g/mol. The number of aliphatic imine (C=N–C) groups is 1. The van der Waals surface area contributed by atoms with E-state index in [1.54, 1.807) is 0 Å². The summed E-state index contributed by atoms with van der Waals surface area (Å²) in [6, 6.07) is 11.0. The van der Waals surface area contributed by atoms with Crippen LogP contribution in [-0.2, 0) is 9.53 Å². The predicted octanol–water partition coefficient (Wildman–Crippen LogP) is 2.92. The molecule has 1 aliphatic heterocycles. The first-order valence-corrected chi connectivity index (χ1v) is 11.6. The maximum atomic E-state index is 13.3. The normalized spacial score (nSPS) is 15.6. The lowest BCUT2D eigenvalue weighted by Gasteiger charge is -2.31. The molecule has 0 spiro atoms. The molecule has 1 unspecified atom stereocenters. The Bertz CT molecular complexity index is 670. The summed E-state index contributed by atoms with van der Waals surface area (Å²) < 4.78 is 5.42. The van der Waals surface area contributed by atoms with E-state index in [0.717, 1.165) is 31.2 Å². The van der Waals surface area contributed by atoms with Crippen molar-refractivity contribution in [2.45, 2.75) is 52.6 Å². The third-order valence-corrected chi connectivity index (χ3v) is 5.59. The number of hydrogen-bond acceptors (Lipinski definition) is 4. The Morgan fingerprint density at radius 2 is 1.72 bits per heavy atom. The van der Waals surface area contributed by atoms with E-state index in [9.17, 15) is 4.79 Å². The van der Waals surface area contributed by atoms with Gasteiger partial charge in [-0.2, -0.15) is 0 Å². The van der Waals surface area contributed by atoms with Crippen LogP contribution in [0.4, 0.5) is 0 Å². The zero-order valence-electron chi connectivity index (χ0n) is 20.3. The summed E-state index contributed by atoms with van der Waals surface area (Å²) in [4.78, 5) is 22.4. The van der Waals surface area contributed by atoms with E-state index < -0.39 is 0 Å². The topological polar surface area (TPSA) is 69.2 Å². The molecule has 1 heterocycles. The van der Waals surface area contributed by atoms with Gasteiger partial charge in [-0.1, -0.05) is 30.3 Å². The molecule has 0 saturated carbocycles. The quantitative estimate of drug-likeness (QED) is 0.262. The van der Waals surface area contributed by atoms with Crippen LogP contribution in [0.2, 0.25) is 0 Å². The number of carbonyl (C=O) groups excluding carboxylic acids is 1. The number of nitrogens with one attached hydrogen (secondary N) is 2. The van der Waals surface area contributed by atoms with Gasteiger partial charge in [0.25, 0.3) is 0 Å². The van der Waals surface area contributed by atoms with Gasteiger partial charge in [-0.3, -0.25) is 14.7 Å². The largest absolute Gasteiger partial charge is 0.378 e. The lowest BCUT2D eigenvalue weighted by molar-refractivity contribution is -0.136. The van der Waals surface area contributed by atoms with Gasteiger partial charge in [0.05, 0.1) is 25.7 Å². The Morgan fingerprint density at radius 1 is 1.09 bits per heavy atom. The zero-order chi connectivity index (χ0) is 22.6. The van der Waals surface area contributed by atoms with Gasteiger partial charge in [0.1, 0.15) is 0 Å². The Kier molecular flexibility index (Phi) is 13.8. The number of benzene rings is 1. The number of halogens is 1. The van der Waals surface area contributed by atoms with Gasteiger partial charge in [-0.15, -0.1) is 24.0 Å². The van der Waals surface area contributed by atoms with E-state index >= 15 is 0 Å². The molecule has 1 saturated heterocycles. The second-order valence-corrected chi connectivity index (χ2v) is 8.47. The van der Waals surface area contributed by atoms with Gasteiger partial charge in [0, 0.05) is 44.8 Å². The lowest BCUT2D eigenvalue weighted by Crippen LogP contribution is -2.46. The molecule has 1 fully saturated rings. The van der Waals surface area contributed by atoms with Gasteiger partial charge in [-0.05, 0) is 40.2 Å². The molecule has 1 aromatic rings. The van der Waals surface area contributed by atoms with Crippen LogP contribution in [0.1, 0.15) is 46.1 Å². The average Bonchev–Trinajstić information content (AvgIpc) is 2.77. The van der Waals surface area contributed by atoms with Gasteiger partial charge in [0.15, 0.2) is 5.96 Å². The van der Waals surface area contributed by atoms with Crippen molar-refractivity contribution in [3.05, 3.63) is 35.9 Å².